The van der Waals surface area contributed by atoms with E-state index in [4.69, 9.17) is 5.11 Å². The number of aromatic amines is 1. The van der Waals surface area contributed by atoms with E-state index >= 15 is 0 Å². The zero-order chi connectivity index (χ0) is 13.7. The van der Waals surface area contributed by atoms with Crippen LogP contribution in [0.5, 0.6) is 0 Å². The van der Waals surface area contributed by atoms with E-state index in [0.717, 1.165) is 0 Å². The summed E-state index contributed by atoms with van der Waals surface area (Å²) in [4.78, 5) is 28.2. The van der Waals surface area contributed by atoms with Crippen molar-refractivity contribution >= 4 is 11.9 Å². The molecule has 0 aliphatic carbocycles. The monoisotopic (exact) mass is 254 g/mol. The fourth-order valence-corrected chi connectivity index (χ4v) is 1.47. The summed E-state index contributed by atoms with van der Waals surface area (Å²) in [6.45, 7) is 5.23. The molecule has 0 aliphatic rings. The molecule has 1 aromatic heterocycles. The first kappa shape index (κ1) is 14.1. The van der Waals surface area contributed by atoms with Crippen LogP contribution < -0.4 is 0 Å². The van der Waals surface area contributed by atoms with Crippen LogP contribution in [0.2, 0.25) is 0 Å². The van der Waals surface area contributed by atoms with Crippen LogP contribution in [-0.4, -0.2) is 49.7 Å². The van der Waals surface area contributed by atoms with Gasteiger partial charge in [-0.25, -0.2) is 4.98 Å². The van der Waals surface area contributed by atoms with Gasteiger partial charge in [0.2, 0.25) is 5.82 Å². The third-order valence-electron chi connectivity index (χ3n) is 2.75. The molecular weight excluding hydrogens is 236 g/mol. The Hall–Kier alpha value is -1.92. The van der Waals surface area contributed by atoms with Crippen molar-refractivity contribution in [3.63, 3.8) is 0 Å². The van der Waals surface area contributed by atoms with Gasteiger partial charge >= 0.3 is 5.97 Å². The molecule has 1 heterocycles. The molecule has 1 rings (SSSR count). The summed E-state index contributed by atoms with van der Waals surface area (Å²) in [5.41, 5.74) is 0. The van der Waals surface area contributed by atoms with Crippen molar-refractivity contribution in [1.29, 1.82) is 0 Å². The zero-order valence-corrected chi connectivity index (χ0v) is 10.8. The second kappa shape index (κ2) is 6.13. The molecule has 0 spiro atoms. The van der Waals surface area contributed by atoms with Crippen LogP contribution in [0.4, 0.5) is 0 Å². The average molecular weight is 254 g/mol. The third-order valence-corrected chi connectivity index (χ3v) is 2.75. The van der Waals surface area contributed by atoms with Crippen LogP contribution in [0, 0.1) is 0 Å². The number of aryl methyl sites for hydroxylation is 1. The van der Waals surface area contributed by atoms with Gasteiger partial charge in [-0.05, 0) is 13.3 Å². The lowest BCUT2D eigenvalue weighted by molar-refractivity contribution is -0.138. The van der Waals surface area contributed by atoms with Gasteiger partial charge in [0, 0.05) is 12.5 Å². The molecule has 1 aromatic rings. The molecule has 1 unspecified atom stereocenters. The van der Waals surface area contributed by atoms with Crippen molar-refractivity contribution in [3.8, 4) is 0 Å². The maximum atomic E-state index is 12.1. The van der Waals surface area contributed by atoms with Crippen molar-refractivity contribution in [3.05, 3.63) is 11.6 Å². The molecule has 1 amide bonds. The quantitative estimate of drug-likeness (QED) is 0.778. The molecule has 0 fully saturated rings. The number of nitrogens with zero attached hydrogens (tertiary/aromatic N) is 3. The van der Waals surface area contributed by atoms with E-state index in [1.807, 2.05) is 13.8 Å². The van der Waals surface area contributed by atoms with Crippen LogP contribution in [0.1, 0.15) is 43.6 Å². The summed E-state index contributed by atoms with van der Waals surface area (Å²) in [5, 5.41) is 15.3. The topological polar surface area (TPSA) is 99.2 Å². The first-order valence-electron chi connectivity index (χ1n) is 5.93. The van der Waals surface area contributed by atoms with Crippen molar-refractivity contribution in [2.45, 2.75) is 39.7 Å². The number of carbonyl (C=O) groups is 2. The number of amides is 1. The molecule has 0 saturated heterocycles. The Morgan fingerprint density at radius 3 is 2.56 bits per heavy atom. The SMILES string of the molecule is CCc1nc(C(=O)N(CC(=O)O)C(C)CC)n[nH]1. The Morgan fingerprint density at radius 1 is 1.44 bits per heavy atom. The number of hydrogen-bond donors (Lipinski definition) is 2. The van der Waals surface area contributed by atoms with Gasteiger partial charge in [-0.15, -0.1) is 5.10 Å². The molecule has 2 N–H and O–H groups in total. The molecule has 0 saturated carbocycles. The molecule has 1 atom stereocenters. The fourth-order valence-electron chi connectivity index (χ4n) is 1.47. The number of rotatable bonds is 6. The standard InChI is InChI=1S/C11H18N4O3/c1-4-7(3)15(6-9(16)17)11(18)10-12-8(5-2)13-14-10/h7H,4-6H2,1-3H3,(H,16,17)(H,12,13,14). The predicted molar refractivity (Wildman–Crippen MR) is 64.2 cm³/mol. The van der Waals surface area contributed by atoms with E-state index in [1.54, 1.807) is 6.92 Å². The molecule has 0 radical (unpaired) electrons. The summed E-state index contributed by atoms with van der Waals surface area (Å²) in [7, 11) is 0. The van der Waals surface area contributed by atoms with Crippen LogP contribution in [0.15, 0.2) is 0 Å². The van der Waals surface area contributed by atoms with Gasteiger partial charge in [0.1, 0.15) is 12.4 Å². The number of aromatic nitrogens is 3. The Kier molecular flexibility index (Phi) is 4.82. The van der Waals surface area contributed by atoms with Gasteiger partial charge in [0.15, 0.2) is 0 Å². The van der Waals surface area contributed by atoms with Crippen LogP contribution >= 0.6 is 0 Å². The molecule has 100 valence electrons. The molecule has 0 aromatic carbocycles. The second-order valence-corrected chi connectivity index (χ2v) is 4.04. The van der Waals surface area contributed by atoms with Gasteiger partial charge in [-0.3, -0.25) is 14.7 Å². The van der Waals surface area contributed by atoms with Gasteiger partial charge in [0.05, 0.1) is 0 Å². The highest BCUT2D eigenvalue weighted by molar-refractivity contribution is 5.92. The highest BCUT2D eigenvalue weighted by Gasteiger charge is 2.25. The van der Waals surface area contributed by atoms with E-state index in [9.17, 15) is 9.59 Å². The predicted octanol–water partition coefficient (Wildman–Crippen LogP) is 0.692. The lowest BCUT2D eigenvalue weighted by atomic mass is 10.2. The minimum Gasteiger partial charge on any atom is -0.480 e. The van der Waals surface area contributed by atoms with E-state index in [0.29, 0.717) is 18.7 Å². The largest absolute Gasteiger partial charge is 0.480 e. The Morgan fingerprint density at radius 2 is 2.11 bits per heavy atom. The van der Waals surface area contributed by atoms with Crippen LogP contribution in [0.3, 0.4) is 0 Å². The number of H-pyrrole nitrogens is 1. The van der Waals surface area contributed by atoms with E-state index in [-0.39, 0.29) is 18.4 Å². The number of hydrogen-bond acceptors (Lipinski definition) is 4. The lowest BCUT2D eigenvalue weighted by Gasteiger charge is -2.25. The number of nitrogens with one attached hydrogen (secondary N) is 1. The second-order valence-electron chi connectivity index (χ2n) is 4.04. The maximum absolute atomic E-state index is 12.1. The summed E-state index contributed by atoms with van der Waals surface area (Å²) in [6, 6.07) is -0.169. The molecule has 7 nitrogen and oxygen atoms in total. The smallest absolute Gasteiger partial charge is 0.323 e. The summed E-state index contributed by atoms with van der Waals surface area (Å²) < 4.78 is 0. The Balaban J connectivity index is 2.90. The highest BCUT2D eigenvalue weighted by Crippen LogP contribution is 2.08. The van der Waals surface area contributed by atoms with Crippen LogP contribution in [-0.2, 0) is 11.2 Å². The lowest BCUT2D eigenvalue weighted by Crippen LogP contribution is -2.42. The Bertz CT molecular complexity index is 430. The molecule has 18 heavy (non-hydrogen) atoms. The van der Waals surface area contributed by atoms with Gasteiger partial charge in [-0.1, -0.05) is 13.8 Å². The van der Waals surface area contributed by atoms with E-state index < -0.39 is 11.9 Å². The number of carboxylic acid groups (broad SMARTS) is 1. The Labute approximate surface area is 105 Å². The number of aliphatic carboxylic acids is 1. The summed E-state index contributed by atoms with van der Waals surface area (Å²) in [6.07, 6.45) is 1.31. The minimum atomic E-state index is -1.05. The molecular formula is C11H18N4O3. The van der Waals surface area contributed by atoms with E-state index in [2.05, 4.69) is 15.2 Å². The van der Waals surface area contributed by atoms with Crippen molar-refractivity contribution in [2.24, 2.45) is 0 Å². The van der Waals surface area contributed by atoms with Gasteiger partial charge in [-0.2, -0.15) is 0 Å². The van der Waals surface area contributed by atoms with E-state index in [1.165, 1.54) is 4.90 Å². The summed E-state index contributed by atoms with van der Waals surface area (Å²) in [5.74, 6) is -0.872. The maximum Gasteiger partial charge on any atom is 0.323 e. The first-order chi connectivity index (χ1) is 8.49. The van der Waals surface area contributed by atoms with Crippen molar-refractivity contribution in [1.82, 2.24) is 20.1 Å². The minimum absolute atomic E-state index is 0.0217. The number of carbonyl (C=O) groups excluding carboxylic acids is 1. The average Bonchev–Trinajstić information content (AvgIpc) is 2.82. The van der Waals surface area contributed by atoms with Gasteiger partial charge < -0.3 is 10.0 Å². The van der Waals surface area contributed by atoms with Crippen molar-refractivity contribution in [2.75, 3.05) is 6.54 Å². The third kappa shape index (κ3) is 3.28. The first-order valence-corrected chi connectivity index (χ1v) is 5.93. The van der Waals surface area contributed by atoms with Crippen LogP contribution in [0.25, 0.3) is 0 Å². The number of carboxylic acids is 1. The molecule has 0 bridgehead atoms. The van der Waals surface area contributed by atoms with Gasteiger partial charge in [0.25, 0.3) is 5.91 Å². The normalized spacial score (nSPS) is 12.2. The van der Waals surface area contributed by atoms with Crippen molar-refractivity contribution < 1.29 is 14.7 Å². The fraction of sp³-hybridized carbons (Fsp3) is 0.636. The molecule has 7 heteroatoms. The molecule has 0 aliphatic heterocycles. The zero-order valence-electron chi connectivity index (χ0n) is 10.8. The highest BCUT2D eigenvalue weighted by atomic mass is 16.4. The summed E-state index contributed by atoms with van der Waals surface area (Å²) >= 11 is 0.